The average Bonchev–Trinajstić information content (AvgIpc) is 2.46. The first-order chi connectivity index (χ1) is 10.1. The molecule has 0 aliphatic carbocycles. The summed E-state index contributed by atoms with van der Waals surface area (Å²) >= 11 is 5.91. The van der Waals surface area contributed by atoms with Crippen LogP contribution in [0.1, 0.15) is 31.0 Å². The first kappa shape index (κ1) is 15.8. The Bertz CT molecular complexity index is 603. The van der Waals surface area contributed by atoms with Gasteiger partial charge in [-0.1, -0.05) is 36.7 Å². The van der Waals surface area contributed by atoms with Crippen LogP contribution in [0.2, 0.25) is 5.02 Å². The number of ether oxygens (including phenoxy) is 1. The molecule has 0 heterocycles. The number of nitrogens with one attached hydrogen (secondary N) is 1. The van der Waals surface area contributed by atoms with Crippen molar-refractivity contribution in [2.75, 3.05) is 6.54 Å². The molecule has 112 valence electrons. The van der Waals surface area contributed by atoms with Crippen molar-refractivity contribution in [3.05, 3.63) is 64.4 Å². The molecule has 2 rings (SSSR count). The molecule has 4 heteroatoms. The summed E-state index contributed by atoms with van der Waals surface area (Å²) in [5.74, 6) is -0.0956. The van der Waals surface area contributed by atoms with Crippen molar-refractivity contribution in [1.29, 1.82) is 0 Å². The highest BCUT2D eigenvalue weighted by molar-refractivity contribution is 6.30. The van der Waals surface area contributed by atoms with Gasteiger partial charge in [-0.15, -0.1) is 0 Å². The van der Waals surface area contributed by atoms with Crippen LogP contribution in [0.25, 0.3) is 0 Å². The molecule has 0 fully saturated rings. The van der Waals surface area contributed by atoms with Crippen molar-refractivity contribution in [2.45, 2.75) is 26.5 Å². The summed E-state index contributed by atoms with van der Waals surface area (Å²) < 4.78 is 19.6. The van der Waals surface area contributed by atoms with Gasteiger partial charge < -0.3 is 10.1 Å². The van der Waals surface area contributed by atoms with Crippen molar-refractivity contribution in [1.82, 2.24) is 5.32 Å². The summed E-state index contributed by atoms with van der Waals surface area (Å²) in [6.45, 7) is 5.16. The fourth-order valence-electron chi connectivity index (χ4n) is 2.12. The van der Waals surface area contributed by atoms with Gasteiger partial charge in [0.15, 0.2) is 11.6 Å². The number of rotatable bonds is 6. The molecule has 0 saturated carbocycles. The van der Waals surface area contributed by atoms with Crippen molar-refractivity contribution in [3.8, 4) is 5.75 Å². The van der Waals surface area contributed by atoms with E-state index in [2.05, 4.69) is 5.32 Å². The molecule has 0 aliphatic rings. The van der Waals surface area contributed by atoms with E-state index in [0.717, 1.165) is 17.7 Å². The molecule has 2 nitrogen and oxygen atoms in total. The normalized spacial score (nSPS) is 12.2. The summed E-state index contributed by atoms with van der Waals surface area (Å²) in [5.41, 5.74) is 1.82. The van der Waals surface area contributed by atoms with Crippen LogP contribution in [0, 0.1) is 5.82 Å². The Morgan fingerprint density at radius 3 is 2.71 bits per heavy atom. The maximum Gasteiger partial charge on any atom is 0.165 e. The predicted octanol–water partition coefficient (Wildman–Crippen LogP) is 4.73. The number of halogens is 2. The Hall–Kier alpha value is -1.58. The highest BCUT2D eigenvalue weighted by Gasteiger charge is 2.09. The Balaban J connectivity index is 2.04. The molecule has 2 aromatic rings. The van der Waals surface area contributed by atoms with Gasteiger partial charge in [-0.25, -0.2) is 4.39 Å². The highest BCUT2D eigenvalue weighted by Crippen LogP contribution is 2.23. The van der Waals surface area contributed by atoms with Gasteiger partial charge in [-0.2, -0.15) is 0 Å². The number of hydrogen-bond donors (Lipinski definition) is 1. The van der Waals surface area contributed by atoms with Crippen LogP contribution >= 0.6 is 11.6 Å². The molecule has 0 aliphatic heterocycles. The van der Waals surface area contributed by atoms with Gasteiger partial charge in [0.25, 0.3) is 0 Å². The first-order valence-corrected chi connectivity index (χ1v) is 7.38. The zero-order valence-corrected chi connectivity index (χ0v) is 13.0. The molecule has 1 unspecified atom stereocenters. The van der Waals surface area contributed by atoms with Gasteiger partial charge in [0.2, 0.25) is 0 Å². The largest absolute Gasteiger partial charge is 0.486 e. The van der Waals surface area contributed by atoms with Gasteiger partial charge in [0, 0.05) is 11.1 Å². The molecular formula is C17H19ClFNO. The maximum atomic E-state index is 14.1. The molecule has 0 spiro atoms. The smallest absolute Gasteiger partial charge is 0.165 e. The Labute approximate surface area is 129 Å². The molecule has 0 radical (unpaired) electrons. The van der Waals surface area contributed by atoms with Gasteiger partial charge >= 0.3 is 0 Å². The van der Waals surface area contributed by atoms with Gasteiger partial charge in [-0.05, 0) is 48.9 Å². The molecule has 2 aromatic carbocycles. The van der Waals surface area contributed by atoms with Crippen LogP contribution in [-0.2, 0) is 6.61 Å². The van der Waals surface area contributed by atoms with Gasteiger partial charge in [-0.3, -0.25) is 0 Å². The Morgan fingerprint density at radius 2 is 2.05 bits per heavy atom. The quantitative estimate of drug-likeness (QED) is 0.833. The minimum absolute atomic E-state index is 0.117. The summed E-state index contributed by atoms with van der Waals surface area (Å²) in [5, 5.41) is 3.90. The molecule has 1 N–H and O–H groups in total. The molecular weight excluding hydrogens is 289 g/mol. The molecule has 21 heavy (non-hydrogen) atoms. The summed E-state index contributed by atoms with van der Waals surface area (Å²) in [7, 11) is 0. The zero-order chi connectivity index (χ0) is 15.2. The van der Waals surface area contributed by atoms with Gasteiger partial charge in [0.05, 0.1) is 0 Å². The van der Waals surface area contributed by atoms with Gasteiger partial charge in [0.1, 0.15) is 6.61 Å². The second kappa shape index (κ2) is 7.43. The second-order valence-corrected chi connectivity index (χ2v) is 5.32. The van der Waals surface area contributed by atoms with E-state index in [-0.39, 0.29) is 17.6 Å². The zero-order valence-electron chi connectivity index (χ0n) is 12.2. The SMILES string of the molecule is CCNC(C)c1ccc(OCc2cccc(Cl)c2)c(F)c1. The molecule has 0 amide bonds. The van der Waals surface area contributed by atoms with E-state index in [1.165, 1.54) is 6.07 Å². The number of hydrogen-bond acceptors (Lipinski definition) is 2. The third kappa shape index (κ3) is 4.45. The van der Waals surface area contributed by atoms with Crippen LogP contribution in [0.5, 0.6) is 5.75 Å². The summed E-state index contributed by atoms with van der Waals surface area (Å²) in [4.78, 5) is 0. The molecule has 1 atom stereocenters. The monoisotopic (exact) mass is 307 g/mol. The van der Waals surface area contributed by atoms with Crippen LogP contribution < -0.4 is 10.1 Å². The van der Waals surface area contributed by atoms with E-state index in [1.54, 1.807) is 18.2 Å². The van der Waals surface area contributed by atoms with Crippen molar-refractivity contribution in [2.24, 2.45) is 0 Å². The predicted molar refractivity (Wildman–Crippen MR) is 84.3 cm³/mol. The third-order valence-corrected chi connectivity index (χ3v) is 3.48. The third-order valence-electron chi connectivity index (χ3n) is 3.25. The Kier molecular flexibility index (Phi) is 5.59. The van der Waals surface area contributed by atoms with Crippen LogP contribution in [0.15, 0.2) is 42.5 Å². The van der Waals surface area contributed by atoms with E-state index in [0.29, 0.717) is 11.6 Å². The fraction of sp³-hybridized carbons (Fsp3) is 0.294. The van der Waals surface area contributed by atoms with E-state index in [9.17, 15) is 4.39 Å². The topological polar surface area (TPSA) is 21.3 Å². The summed E-state index contributed by atoms with van der Waals surface area (Å²) in [6, 6.07) is 12.5. The van der Waals surface area contributed by atoms with Crippen LogP contribution in [0.4, 0.5) is 4.39 Å². The molecule has 0 saturated heterocycles. The fourth-order valence-corrected chi connectivity index (χ4v) is 2.33. The van der Waals surface area contributed by atoms with E-state index in [4.69, 9.17) is 16.3 Å². The van der Waals surface area contributed by atoms with Crippen molar-refractivity contribution >= 4 is 11.6 Å². The lowest BCUT2D eigenvalue weighted by Gasteiger charge is -2.14. The number of benzene rings is 2. The van der Waals surface area contributed by atoms with Crippen LogP contribution in [0.3, 0.4) is 0 Å². The maximum absolute atomic E-state index is 14.1. The van der Waals surface area contributed by atoms with E-state index < -0.39 is 0 Å². The van der Waals surface area contributed by atoms with Crippen LogP contribution in [-0.4, -0.2) is 6.54 Å². The second-order valence-electron chi connectivity index (χ2n) is 4.89. The van der Waals surface area contributed by atoms with Crippen molar-refractivity contribution < 1.29 is 9.13 Å². The standard InChI is InChI=1S/C17H19ClFNO/c1-3-20-12(2)14-7-8-17(16(19)10-14)21-11-13-5-4-6-15(18)9-13/h4-10,12,20H,3,11H2,1-2H3. The lowest BCUT2D eigenvalue weighted by molar-refractivity contribution is 0.290. The lowest BCUT2D eigenvalue weighted by atomic mass is 10.1. The van der Waals surface area contributed by atoms with Crippen molar-refractivity contribution in [3.63, 3.8) is 0 Å². The van der Waals surface area contributed by atoms with E-state index in [1.807, 2.05) is 32.0 Å². The minimum Gasteiger partial charge on any atom is -0.486 e. The Morgan fingerprint density at radius 1 is 1.24 bits per heavy atom. The molecule has 0 bridgehead atoms. The highest BCUT2D eigenvalue weighted by atomic mass is 35.5. The summed E-state index contributed by atoms with van der Waals surface area (Å²) in [6.07, 6.45) is 0. The average molecular weight is 308 g/mol. The first-order valence-electron chi connectivity index (χ1n) is 7.00. The molecule has 0 aromatic heterocycles. The minimum atomic E-state index is -0.348. The lowest BCUT2D eigenvalue weighted by Crippen LogP contribution is -2.17. The van der Waals surface area contributed by atoms with E-state index >= 15 is 0 Å².